The largest absolute Gasteiger partial charge is 0.476 e. The predicted octanol–water partition coefficient (Wildman–Crippen LogP) is -1.06. The van der Waals surface area contributed by atoms with Gasteiger partial charge in [-0.1, -0.05) is 0 Å². The molecule has 7 heteroatoms. The van der Waals surface area contributed by atoms with Crippen LogP contribution in [-0.2, 0) is 4.74 Å². The Bertz CT molecular complexity index is 331. The van der Waals surface area contributed by atoms with E-state index in [2.05, 4.69) is 10.3 Å². The van der Waals surface area contributed by atoms with Crippen LogP contribution in [0.25, 0.3) is 0 Å². The number of aromatic nitrogens is 3. The van der Waals surface area contributed by atoms with Crippen molar-refractivity contribution in [2.24, 2.45) is 0 Å². The molecule has 1 saturated heterocycles. The van der Waals surface area contributed by atoms with Gasteiger partial charge < -0.3 is 9.84 Å². The zero-order valence-electron chi connectivity index (χ0n) is 7.46. The molecule has 0 spiro atoms. The van der Waals surface area contributed by atoms with Gasteiger partial charge in [0.2, 0.25) is 0 Å². The molecule has 7 nitrogen and oxygen atoms in total. The highest BCUT2D eigenvalue weighted by Gasteiger charge is 2.14. The first-order valence-corrected chi connectivity index (χ1v) is 4.26. The molecule has 0 bridgehead atoms. The molecule has 2 heterocycles. The maximum atomic E-state index is 10.5. The van der Waals surface area contributed by atoms with Crippen LogP contribution in [0, 0.1) is 0 Å². The molecule has 0 atom stereocenters. The summed E-state index contributed by atoms with van der Waals surface area (Å²) in [4.78, 5) is 12.0. The normalized spacial score (nSPS) is 17.0. The Balaban J connectivity index is 2.11. The third-order valence-corrected chi connectivity index (χ3v) is 1.98. The summed E-state index contributed by atoms with van der Waals surface area (Å²) in [5.74, 6) is -1.07. The fourth-order valence-electron chi connectivity index (χ4n) is 1.25. The molecular weight excluding hydrogens is 188 g/mol. The van der Waals surface area contributed by atoms with Crippen molar-refractivity contribution in [3.63, 3.8) is 0 Å². The van der Waals surface area contributed by atoms with Crippen molar-refractivity contribution in [2.75, 3.05) is 31.3 Å². The number of morpholine rings is 1. The van der Waals surface area contributed by atoms with E-state index in [4.69, 9.17) is 9.84 Å². The Hall–Kier alpha value is -1.63. The molecule has 2 rings (SSSR count). The highest BCUT2D eigenvalue weighted by atomic mass is 16.5. The zero-order chi connectivity index (χ0) is 9.97. The van der Waals surface area contributed by atoms with Crippen LogP contribution in [-0.4, -0.2) is 52.5 Å². The van der Waals surface area contributed by atoms with Gasteiger partial charge in [-0.15, -0.1) is 5.10 Å². The first kappa shape index (κ1) is 8.95. The topological polar surface area (TPSA) is 80.5 Å². The molecule has 0 unspecified atom stereocenters. The van der Waals surface area contributed by atoms with Crippen LogP contribution >= 0.6 is 0 Å². The average molecular weight is 198 g/mol. The maximum Gasteiger partial charge on any atom is 0.358 e. The second kappa shape index (κ2) is 3.62. The average Bonchev–Trinajstić information content (AvgIpc) is 2.68. The fourth-order valence-corrected chi connectivity index (χ4v) is 1.25. The van der Waals surface area contributed by atoms with E-state index < -0.39 is 5.97 Å². The second-order valence-electron chi connectivity index (χ2n) is 2.90. The molecule has 0 radical (unpaired) electrons. The summed E-state index contributed by atoms with van der Waals surface area (Å²) in [6.07, 6.45) is 1.40. The standard InChI is InChI=1S/C7H10N4O3/c12-7(13)6-5-11(9-8-6)10-1-3-14-4-2-10/h5H,1-4H2,(H,12,13). The highest BCUT2D eigenvalue weighted by molar-refractivity contribution is 5.84. The monoisotopic (exact) mass is 198 g/mol. The van der Waals surface area contributed by atoms with Gasteiger partial charge in [0.1, 0.15) is 0 Å². The molecule has 1 aromatic rings. The molecule has 1 aromatic heterocycles. The van der Waals surface area contributed by atoms with E-state index >= 15 is 0 Å². The summed E-state index contributed by atoms with van der Waals surface area (Å²) in [5, 5.41) is 17.8. The van der Waals surface area contributed by atoms with Gasteiger partial charge >= 0.3 is 5.97 Å². The van der Waals surface area contributed by atoms with Gasteiger partial charge in [0.15, 0.2) is 5.69 Å². The van der Waals surface area contributed by atoms with Crippen molar-refractivity contribution < 1.29 is 14.6 Å². The lowest BCUT2D eigenvalue weighted by Gasteiger charge is -2.27. The Morgan fingerprint density at radius 3 is 2.79 bits per heavy atom. The van der Waals surface area contributed by atoms with Crippen LogP contribution in [0.3, 0.4) is 0 Å². The third kappa shape index (κ3) is 1.67. The lowest BCUT2D eigenvalue weighted by Crippen LogP contribution is -2.44. The molecule has 0 amide bonds. The van der Waals surface area contributed by atoms with Crippen LogP contribution < -0.4 is 5.01 Å². The van der Waals surface area contributed by atoms with Crippen molar-refractivity contribution >= 4 is 5.97 Å². The van der Waals surface area contributed by atoms with Crippen LogP contribution in [0.2, 0.25) is 0 Å². The van der Waals surface area contributed by atoms with E-state index in [-0.39, 0.29) is 5.69 Å². The van der Waals surface area contributed by atoms with Crippen molar-refractivity contribution in [1.29, 1.82) is 0 Å². The molecule has 76 valence electrons. The van der Waals surface area contributed by atoms with E-state index in [1.165, 1.54) is 11.0 Å². The lowest BCUT2D eigenvalue weighted by atomic mass is 10.5. The first-order chi connectivity index (χ1) is 6.77. The van der Waals surface area contributed by atoms with Crippen molar-refractivity contribution in [2.45, 2.75) is 0 Å². The smallest absolute Gasteiger partial charge is 0.358 e. The predicted molar refractivity (Wildman–Crippen MR) is 45.8 cm³/mol. The maximum absolute atomic E-state index is 10.5. The summed E-state index contributed by atoms with van der Waals surface area (Å²) in [6.45, 7) is 2.65. The molecule has 1 aliphatic rings. The molecule has 1 fully saturated rings. The number of rotatable bonds is 2. The van der Waals surface area contributed by atoms with Crippen LogP contribution in [0.4, 0.5) is 0 Å². The number of carboxylic acids is 1. The minimum atomic E-state index is -1.07. The SMILES string of the molecule is O=C(O)c1cn(N2CCOCC2)nn1. The van der Waals surface area contributed by atoms with Gasteiger partial charge in [0.25, 0.3) is 0 Å². The molecule has 1 aliphatic heterocycles. The number of hydrogen-bond acceptors (Lipinski definition) is 5. The number of nitrogens with zero attached hydrogens (tertiary/aromatic N) is 4. The van der Waals surface area contributed by atoms with Gasteiger partial charge in [-0.3, -0.25) is 5.01 Å². The van der Waals surface area contributed by atoms with E-state index in [0.29, 0.717) is 26.3 Å². The summed E-state index contributed by atoms with van der Waals surface area (Å²) in [6, 6.07) is 0. The molecule has 0 saturated carbocycles. The van der Waals surface area contributed by atoms with Gasteiger partial charge in [-0.25, -0.2) is 4.79 Å². The third-order valence-electron chi connectivity index (χ3n) is 1.98. The number of carboxylic acid groups (broad SMARTS) is 1. The van der Waals surface area contributed by atoms with E-state index in [1.54, 1.807) is 0 Å². The quantitative estimate of drug-likeness (QED) is 0.652. The van der Waals surface area contributed by atoms with Crippen LogP contribution in [0.5, 0.6) is 0 Å². The molecule has 1 N–H and O–H groups in total. The fraction of sp³-hybridized carbons (Fsp3) is 0.571. The Labute approximate surface area is 79.8 Å². The van der Waals surface area contributed by atoms with E-state index in [0.717, 1.165) is 0 Å². The molecular formula is C7H10N4O3. The Kier molecular flexibility index (Phi) is 2.32. The zero-order valence-corrected chi connectivity index (χ0v) is 7.46. The molecule has 0 aromatic carbocycles. The highest BCUT2D eigenvalue weighted by Crippen LogP contribution is 1.98. The van der Waals surface area contributed by atoms with Gasteiger partial charge in [0, 0.05) is 0 Å². The van der Waals surface area contributed by atoms with E-state index in [9.17, 15) is 4.79 Å². The Morgan fingerprint density at radius 1 is 1.50 bits per heavy atom. The van der Waals surface area contributed by atoms with E-state index in [1.807, 2.05) is 5.01 Å². The number of hydrogen-bond donors (Lipinski definition) is 1. The number of carbonyl (C=O) groups is 1. The first-order valence-electron chi connectivity index (χ1n) is 4.26. The minimum Gasteiger partial charge on any atom is -0.476 e. The Morgan fingerprint density at radius 2 is 2.21 bits per heavy atom. The van der Waals surface area contributed by atoms with Crippen molar-refractivity contribution in [1.82, 2.24) is 15.1 Å². The van der Waals surface area contributed by atoms with Gasteiger partial charge in [-0.05, 0) is 5.21 Å². The second-order valence-corrected chi connectivity index (χ2v) is 2.90. The van der Waals surface area contributed by atoms with Gasteiger partial charge in [0.05, 0.1) is 32.5 Å². The van der Waals surface area contributed by atoms with Crippen LogP contribution in [0.1, 0.15) is 10.5 Å². The number of ether oxygens (including phenoxy) is 1. The van der Waals surface area contributed by atoms with Gasteiger partial charge in [-0.2, -0.15) is 4.79 Å². The molecule has 0 aliphatic carbocycles. The summed E-state index contributed by atoms with van der Waals surface area (Å²) in [5.41, 5.74) is -0.0449. The van der Waals surface area contributed by atoms with Crippen LogP contribution in [0.15, 0.2) is 6.20 Å². The summed E-state index contributed by atoms with van der Waals surface area (Å²) < 4.78 is 5.16. The summed E-state index contributed by atoms with van der Waals surface area (Å²) >= 11 is 0. The minimum absolute atomic E-state index is 0.0449. The summed E-state index contributed by atoms with van der Waals surface area (Å²) in [7, 11) is 0. The molecule has 14 heavy (non-hydrogen) atoms. The van der Waals surface area contributed by atoms with Crippen molar-refractivity contribution in [3.05, 3.63) is 11.9 Å². The van der Waals surface area contributed by atoms with Crippen molar-refractivity contribution in [3.8, 4) is 0 Å². The lowest BCUT2D eigenvalue weighted by molar-refractivity contribution is 0.0690. The number of aromatic carboxylic acids is 1.